The fraction of sp³-hybridized carbons (Fsp3) is 0.556. The van der Waals surface area contributed by atoms with Crippen molar-refractivity contribution in [1.29, 1.82) is 0 Å². The van der Waals surface area contributed by atoms with Gasteiger partial charge in [0.05, 0.1) is 18.8 Å². The summed E-state index contributed by atoms with van der Waals surface area (Å²) in [5, 5.41) is 14.3. The highest BCUT2D eigenvalue weighted by molar-refractivity contribution is 7.71. The standard InChI is InChI=1S/C18H26FN3O2S/c1-13(10-24-15-8-6-5-7-14(15)19)9-18(23,17(2,3)4)11-22-16(25)20-12-21-22/h5-8,12-13,23H,9-11H2,1-4H3,(H,20,21,25). The minimum Gasteiger partial charge on any atom is -0.490 e. The van der Waals surface area contributed by atoms with Crippen molar-refractivity contribution in [3.8, 4) is 5.75 Å². The van der Waals surface area contributed by atoms with Crippen LogP contribution in [0.1, 0.15) is 34.1 Å². The molecule has 0 aliphatic rings. The van der Waals surface area contributed by atoms with E-state index in [0.717, 1.165) is 0 Å². The monoisotopic (exact) mass is 367 g/mol. The Balaban J connectivity index is 2.07. The van der Waals surface area contributed by atoms with Crippen LogP contribution in [-0.2, 0) is 6.54 Å². The average Bonchev–Trinajstić information content (AvgIpc) is 2.90. The SMILES string of the molecule is CC(COc1ccccc1F)CC(O)(Cn1[nH]cnc1=S)C(C)(C)C. The van der Waals surface area contributed by atoms with Gasteiger partial charge in [-0.2, -0.15) is 0 Å². The molecule has 138 valence electrons. The van der Waals surface area contributed by atoms with E-state index in [1.54, 1.807) is 22.9 Å². The van der Waals surface area contributed by atoms with Gasteiger partial charge in [0.25, 0.3) is 0 Å². The molecule has 5 nitrogen and oxygen atoms in total. The van der Waals surface area contributed by atoms with E-state index in [4.69, 9.17) is 17.0 Å². The molecule has 0 amide bonds. The van der Waals surface area contributed by atoms with Crippen LogP contribution in [0.15, 0.2) is 30.6 Å². The van der Waals surface area contributed by atoms with Gasteiger partial charge in [0.1, 0.15) is 6.33 Å². The largest absolute Gasteiger partial charge is 0.490 e. The summed E-state index contributed by atoms with van der Waals surface area (Å²) in [5.74, 6) is -0.144. The van der Waals surface area contributed by atoms with Gasteiger partial charge in [-0.05, 0) is 42.1 Å². The number of aliphatic hydroxyl groups is 1. The first-order valence-electron chi connectivity index (χ1n) is 8.32. The molecule has 1 aromatic carbocycles. The zero-order valence-electron chi connectivity index (χ0n) is 15.1. The van der Waals surface area contributed by atoms with E-state index in [-0.39, 0.29) is 22.9 Å². The van der Waals surface area contributed by atoms with Crippen LogP contribution < -0.4 is 4.74 Å². The first-order chi connectivity index (χ1) is 11.6. The number of ether oxygens (including phenoxy) is 1. The molecule has 0 spiro atoms. The number of benzene rings is 1. The van der Waals surface area contributed by atoms with Crippen LogP contribution in [0.3, 0.4) is 0 Å². The fourth-order valence-corrected chi connectivity index (χ4v) is 2.86. The molecule has 7 heteroatoms. The van der Waals surface area contributed by atoms with Crippen molar-refractivity contribution in [3.63, 3.8) is 0 Å². The van der Waals surface area contributed by atoms with Crippen LogP contribution in [-0.4, -0.2) is 32.1 Å². The van der Waals surface area contributed by atoms with E-state index in [2.05, 4.69) is 10.1 Å². The molecule has 1 heterocycles. The third kappa shape index (κ3) is 4.89. The highest BCUT2D eigenvalue weighted by Gasteiger charge is 2.41. The van der Waals surface area contributed by atoms with Crippen LogP contribution in [0, 0.1) is 21.9 Å². The van der Waals surface area contributed by atoms with Gasteiger partial charge < -0.3 is 9.84 Å². The van der Waals surface area contributed by atoms with Crippen molar-refractivity contribution in [2.75, 3.05) is 6.61 Å². The quantitative estimate of drug-likeness (QED) is 0.727. The second-order valence-corrected chi connectivity index (χ2v) is 7.95. The number of hydrogen-bond donors (Lipinski definition) is 2. The van der Waals surface area contributed by atoms with Gasteiger partial charge in [0.15, 0.2) is 11.6 Å². The van der Waals surface area contributed by atoms with Crippen molar-refractivity contribution in [2.24, 2.45) is 11.3 Å². The Morgan fingerprint density at radius 2 is 2.04 bits per heavy atom. The number of hydrogen-bond acceptors (Lipinski definition) is 4. The molecule has 2 unspecified atom stereocenters. The molecule has 0 aliphatic carbocycles. The smallest absolute Gasteiger partial charge is 0.215 e. The lowest BCUT2D eigenvalue weighted by Gasteiger charge is -2.42. The molecule has 2 atom stereocenters. The number of aromatic nitrogens is 3. The first kappa shape index (κ1) is 19.6. The minimum atomic E-state index is -1.03. The molecule has 1 aromatic heterocycles. The minimum absolute atomic E-state index is 0.0147. The van der Waals surface area contributed by atoms with Crippen molar-refractivity contribution >= 4 is 12.2 Å². The van der Waals surface area contributed by atoms with Gasteiger partial charge in [-0.25, -0.2) is 9.37 Å². The van der Waals surface area contributed by atoms with Gasteiger partial charge >= 0.3 is 0 Å². The Morgan fingerprint density at radius 1 is 1.36 bits per heavy atom. The molecule has 0 bridgehead atoms. The highest BCUT2D eigenvalue weighted by atomic mass is 32.1. The summed E-state index contributed by atoms with van der Waals surface area (Å²) in [4.78, 5) is 3.99. The molecule has 2 aromatic rings. The van der Waals surface area contributed by atoms with Gasteiger partial charge in [-0.15, -0.1) is 0 Å². The summed E-state index contributed by atoms with van der Waals surface area (Å²) in [7, 11) is 0. The maximum absolute atomic E-state index is 13.7. The Labute approximate surface area is 152 Å². The number of nitrogens with one attached hydrogen (secondary N) is 1. The summed E-state index contributed by atoms with van der Waals surface area (Å²) >= 11 is 5.16. The van der Waals surface area contributed by atoms with Crippen LogP contribution in [0.2, 0.25) is 0 Å². The lowest BCUT2D eigenvalue weighted by atomic mass is 9.72. The third-order valence-corrected chi connectivity index (χ3v) is 4.81. The lowest BCUT2D eigenvalue weighted by Crippen LogP contribution is -2.48. The maximum atomic E-state index is 13.7. The molecule has 0 saturated heterocycles. The average molecular weight is 367 g/mol. The van der Waals surface area contributed by atoms with Crippen molar-refractivity contribution < 1.29 is 14.2 Å². The normalized spacial score (nSPS) is 15.6. The number of aromatic amines is 1. The predicted molar refractivity (Wildman–Crippen MR) is 97.5 cm³/mol. The van der Waals surface area contributed by atoms with Crippen LogP contribution in [0.5, 0.6) is 5.75 Å². The maximum Gasteiger partial charge on any atom is 0.215 e. The molecule has 2 rings (SSSR count). The second-order valence-electron chi connectivity index (χ2n) is 7.59. The second kappa shape index (κ2) is 7.66. The van der Waals surface area contributed by atoms with Crippen LogP contribution in [0.4, 0.5) is 4.39 Å². The van der Waals surface area contributed by atoms with Crippen LogP contribution >= 0.6 is 12.2 Å². The molecule has 0 radical (unpaired) electrons. The predicted octanol–water partition coefficient (Wildman–Crippen LogP) is 3.96. The van der Waals surface area contributed by atoms with Crippen molar-refractivity contribution in [1.82, 2.24) is 14.8 Å². The molecule has 0 saturated carbocycles. The third-order valence-electron chi connectivity index (χ3n) is 4.48. The number of para-hydroxylation sites is 1. The van der Waals surface area contributed by atoms with Gasteiger partial charge in [0, 0.05) is 0 Å². The van der Waals surface area contributed by atoms with Gasteiger partial charge in [-0.3, -0.25) is 9.78 Å². The van der Waals surface area contributed by atoms with Gasteiger partial charge in [0.2, 0.25) is 4.77 Å². The number of halogens is 1. The van der Waals surface area contributed by atoms with Gasteiger partial charge in [-0.1, -0.05) is 39.8 Å². The molecule has 0 fully saturated rings. The van der Waals surface area contributed by atoms with E-state index in [1.165, 1.54) is 12.4 Å². The van der Waals surface area contributed by atoms with E-state index in [0.29, 0.717) is 24.3 Å². The van der Waals surface area contributed by atoms with Crippen molar-refractivity contribution in [3.05, 3.63) is 41.2 Å². The zero-order valence-corrected chi connectivity index (χ0v) is 15.9. The number of nitrogens with zero attached hydrogens (tertiary/aromatic N) is 2. The summed E-state index contributed by atoms with van der Waals surface area (Å²) in [6.45, 7) is 8.54. The van der Waals surface area contributed by atoms with Crippen molar-refractivity contribution in [2.45, 2.75) is 46.3 Å². The van der Waals surface area contributed by atoms with E-state index >= 15 is 0 Å². The van der Waals surface area contributed by atoms with E-state index in [1.807, 2.05) is 27.7 Å². The summed E-state index contributed by atoms with van der Waals surface area (Å²) in [5.41, 5.74) is -1.42. The summed E-state index contributed by atoms with van der Waals surface area (Å²) in [6, 6.07) is 6.32. The Morgan fingerprint density at radius 3 is 2.60 bits per heavy atom. The Kier molecular flexibility index (Phi) is 6.00. The van der Waals surface area contributed by atoms with E-state index < -0.39 is 5.60 Å². The highest BCUT2D eigenvalue weighted by Crippen LogP contribution is 2.37. The van der Waals surface area contributed by atoms with E-state index in [9.17, 15) is 9.50 Å². The molecule has 2 N–H and O–H groups in total. The topological polar surface area (TPSA) is 63.1 Å². The Bertz CT molecular complexity index is 753. The fourth-order valence-electron chi connectivity index (χ4n) is 2.69. The zero-order chi connectivity index (χ0) is 18.7. The Hall–Kier alpha value is -1.73. The number of rotatable bonds is 7. The molecular weight excluding hydrogens is 341 g/mol. The number of H-pyrrole nitrogens is 1. The lowest BCUT2D eigenvalue weighted by molar-refractivity contribution is -0.0920. The summed E-state index contributed by atoms with van der Waals surface area (Å²) < 4.78 is 21.3. The summed E-state index contributed by atoms with van der Waals surface area (Å²) in [6.07, 6.45) is 1.99. The first-order valence-corrected chi connectivity index (χ1v) is 8.73. The molecule has 25 heavy (non-hydrogen) atoms. The molecule has 0 aliphatic heterocycles. The van der Waals surface area contributed by atoms with Crippen LogP contribution in [0.25, 0.3) is 0 Å². The molecular formula is C18H26FN3O2S.